The molecule has 0 aliphatic carbocycles. The summed E-state index contributed by atoms with van der Waals surface area (Å²) in [5.74, 6) is 0.710. The van der Waals surface area contributed by atoms with Gasteiger partial charge in [-0.3, -0.25) is 9.36 Å². The molecule has 1 atom stereocenters. The molecular weight excluding hydrogens is 568 g/mol. The van der Waals surface area contributed by atoms with E-state index in [1.807, 2.05) is 36.4 Å². The molecule has 4 aromatic rings. The van der Waals surface area contributed by atoms with Gasteiger partial charge in [0.2, 0.25) is 0 Å². The van der Waals surface area contributed by atoms with E-state index >= 15 is 0 Å². The van der Waals surface area contributed by atoms with Gasteiger partial charge in [-0.1, -0.05) is 53.8 Å². The normalized spacial score (nSPS) is 14.7. The van der Waals surface area contributed by atoms with Crippen LogP contribution in [0.15, 0.2) is 87.8 Å². The molecule has 3 aromatic carbocycles. The van der Waals surface area contributed by atoms with Crippen molar-refractivity contribution in [3.63, 3.8) is 0 Å². The van der Waals surface area contributed by atoms with Crippen LogP contribution >= 0.6 is 11.3 Å². The fourth-order valence-electron chi connectivity index (χ4n) is 4.82. The monoisotopic (exact) mass is 600 g/mol. The number of ether oxygens (including phenoxy) is 4. The number of aromatic nitrogens is 1. The number of carbonyl (C=O) groups is 1. The van der Waals surface area contributed by atoms with E-state index in [0.29, 0.717) is 44.3 Å². The lowest BCUT2D eigenvalue weighted by Gasteiger charge is -2.26. The van der Waals surface area contributed by atoms with E-state index < -0.39 is 12.0 Å². The van der Waals surface area contributed by atoms with Crippen LogP contribution in [-0.2, 0) is 16.1 Å². The van der Waals surface area contributed by atoms with Crippen LogP contribution in [0.2, 0.25) is 0 Å². The molecular formula is C33H32N2O7S. The van der Waals surface area contributed by atoms with Crippen molar-refractivity contribution < 1.29 is 28.8 Å². The summed E-state index contributed by atoms with van der Waals surface area (Å²) in [5.41, 5.74) is 2.69. The highest BCUT2D eigenvalue weighted by Crippen LogP contribution is 2.36. The standard InChI is InChI=1S/C33H32N2O7S/c1-19(2)42-32(38)29-20(3)34-33-35(31(37)28(43-33)16-22-11-13-24(36)26(15-22)39-4)30(29)23-12-14-25(27(17-23)40-5)41-18-21-9-7-6-8-10-21/h6-17,19,30,36H,18H2,1-5H3. The fourth-order valence-corrected chi connectivity index (χ4v) is 5.87. The fraction of sp³-hybridized carbons (Fsp3) is 0.242. The number of aromatic hydroxyl groups is 1. The van der Waals surface area contributed by atoms with Crippen LogP contribution < -0.4 is 29.1 Å². The van der Waals surface area contributed by atoms with Gasteiger partial charge in [-0.2, -0.15) is 0 Å². The number of phenolic OH excluding ortho intramolecular Hbond substituents is 1. The number of allylic oxidation sites excluding steroid dienone is 1. The Kier molecular flexibility index (Phi) is 8.68. The first-order valence-electron chi connectivity index (χ1n) is 13.6. The Morgan fingerprint density at radius 1 is 1.02 bits per heavy atom. The molecule has 5 rings (SSSR count). The summed E-state index contributed by atoms with van der Waals surface area (Å²) < 4.78 is 24.5. The molecule has 1 unspecified atom stereocenters. The Bertz CT molecular complexity index is 1870. The molecule has 1 N–H and O–H groups in total. The maximum absolute atomic E-state index is 14.0. The van der Waals surface area contributed by atoms with Crippen LogP contribution in [0.5, 0.6) is 23.0 Å². The van der Waals surface area contributed by atoms with E-state index in [1.54, 1.807) is 58.2 Å². The molecule has 0 amide bonds. The zero-order chi connectivity index (χ0) is 30.7. The number of thiazole rings is 1. The van der Waals surface area contributed by atoms with Crippen molar-refractivity contribution in [2.75, 3.05) is 14.2 Å². The van der Waals surface area contributed by atoms with Crippen LogP contribution in [-0.4, -0.2) is 36.0 Å². The van der Waals surface area contributed by atoms with Gasteiger partial charge in [-0.15, -0.1) is 0 Å². The average molecular weight is 601 g/mol. The van der Waals surface area contributed by atoms with Crippen LogP contribution in [0.3, 0.4) is 0 Å². The van der Waals surface area contributed by atoms with E-state index in [2.05, 4.69) is 4.99 Å². The smallest absolute Gasteiger partial charge is 0.338 e. The maximum Gasteiger partial charge on any atom is 0.338 e. The van der Waals surface area contributed by atoms with Crippen molar-refractivity contribution in [2.24, 2.45) is 4.99 Å². The Labute approximate surface area is 252 Å². The Morgan fingerprint density at radius 3 is 2.47 bits per heavy atom. The first-order chi connectivity index (χ1) is 20.7. The van der Waals surface area contributed by atoms with E-state index in [4.69, 9.17) is 18.9 Å². The Morgan fingerprint density at radius 2 is 1.77 bits per heavy atom. The lowest BCUT2D eigenvalue weighted by molar-refractivity contribution is -0.143. The van der Waals surface area contributed by atoms with Gasteiger partial charge in [0.05, 0.1) is 42.2 Å². The number of esters is 1. The number of fused-ring (bicyclic) bond motifs is 1. The molecule has 2 heterocycles. The highest BCUT2D eigenvalue weighted by Gasteiger charge is 2.34. The van der Waals surface area contributed by atoms with Gasteiger partial charge in [0.15, 0.2) is 27.8 Å². The number of nitrogens with zero attached hydrogens (tertiary/aromatic N) is 2. The van der Waals surface area contributed by atoms with Crippen LogP contribution in [0.4, 0.5) is 0 Å². The van der Waals surface area contributed by atoms with Crippen molar-refractivity contribution in [1.82, 2.24) is 4.57 Å². The van der Waals surface area contributed by atoms with E-state index in [-0.39, 0.29) is 28.7 Å². The molecule has 1 aliphatic heterocycles. The highest BCUT2D eigenvalue weighted by atomic mass is 32.1. The molecule has 1 aromatic heterocycles. The molecule has 0 spiro atoms. The van der Waals surface area contributed by atoms with Crippen LogP contribution in [0, 0.1) is 0 Å². The molecule has 0 saturated heterocycles. The topological polar surface area (TPSA) is 109 Å². The third-order valence-electron chi connectivity index (χ3n) is 6.83. The van der Waals surface area contributed by atoms with Crippen molar-refractivity contribution in [2.45, 2.75) is 39.5 Å². The van der Waals surface area contributed by atoms with E-state index in [9.17, 15) is 14.7 Å². The van der Waals surface area contributed by atoms with Gasteiger partial charge in [-0.05, 0) is 67.8 Å². The van der Waals surface area contributed by atoms with Gasteiger partial charge in [0.1, 0.15) is 6.61 Å². The Hall–Kier alpha value is -4.83. The largest absolute Gasteiger partial charge is 0.504 e. The molecule has 0 saturated carbocycles. The number of carbonyl (C=O) groups excluding carboxylic acids is 1. The molecule has 0 bridgehead atoms. The zero-order valence-electron chi connectivity index (χ0n) is 24.5. The highest BCUT2D eigenvalue weighted by molar-refractivity contribution is 7.07. The molecule has 1 aliphatic rings. The number of phenols is 1. The van der Waals surface area contributed by atoms with Gasteiger partial charge < -0.3 is 24.1 Å². The van der Waals surface area contributed by atoms with Crippen LogP contribution in [0.1, 0.15) is 43.5 Å². The lowest BCUT2D eigenvalue weighted by Crippen LogP contribution is -2.40. The molecule has 0 fully saturated rings. The number of hydrogen-bond acceptors (Lipinski definition) is 9. The van der Waals surface area contributed by atoms with Crippen LogP contribution in [0.25, 0.3) is 6.08 Å². The van der Waals surface area contributed by atoms with Gasteiger partial charge in [-0.25, -0.2) is 9.79 Å². The summed E-state index contributed by atoms with van der Waals surface area (Å²) in [4.78, 5) is 32.5. The maximum atomic E-state index is 14.0. The molecule has 9 nitrogen and oxygen atoms in total. The molecule has 0 radical (unpaired) electrons. The third kappa shape index (κ3) is 6.19. The summed E-state index contributed by atoms with van der Waals surface area (Å²) in [6, 6.07) is 19.1. The summed E-state index contributed by atoms with van der Waals surface area (Å²) in [6.45, 7) is 5.62. The average Bonchev–Trinajstić information content (AvgIpc) is 3.30. The zero-order valence-corrected chi connectivity index (χ0v) is 25.3. The van der Waals surface area contributed by atoms with Gasteiger partial charge in [0.25, 0.3) is 5.56 Å². The van der Waals surface area contributed by atoms with Crippen molar-refractivity contribution in [3.05, 3.63) is 114 Å². The second-order valence-electron chi connectivity index (χ2n) is 10.2. The van der Waals surface area contributed by atoms with E-state index in [1.165, 1.54) is 29.1 Å². The SMILES string of the molecule is COc1cc(C=c2sc3n(c2=O)C(c2ccc(OCc4ccccc4)c(OC)c2)C(C(=O)OC(C)C)=C(C)N=3)ccc1O. The van der Waals surface area contributed by atoms with E-state index in [0.717, 1.165) is 5.56 Å². The minimum atomic E-state index is -0.823. The summed E-state index contributed by atoms with van der Waals surface area (Å²) in [5, 5.41) is 9.99. The first kappa shape index (κ1) is 29.7. The number of methoxy groups -OCH3 is 2. The number of benzene rings is 3. The lowest BCUT2D eigenvalue weighted by atomic mass is 9.95. The number of rotatable bonds is 9. The second-order valence-corrected chi connectivity index (χ2v) is 11.2. The number of hydrogen-bond donors (Lipinski definition) is 1. The summed E-state index contributed by atoms with van der Waals surface area (Å²) >= 11 is 1.21. The first-order valence-corrected chi connectivity index (χ1v) is 14.5. The molecule has 10 heteroatoms. The quantitative estimate of drug-likeness (QED) is 0.282. The predicted octanol–water partition coefficient (Wildman–Crippen LogP) is 4.49. The molecule has 222 valence electrons. The van der Waals surface area contributed by atoms with Gasteiger partial charge in [0, 0.05) is 0 Å². The van der Waals surface area contributed by atoms with Gasteiger partial charge >= 0.3 is 5.97 Å². The minimum absolute atomic E-state index is 0.00446. The summed E-state index contributed by atoms with van der Waals surface area (Å²) in [6.07, 6.45) is 1.33. The Balaban J connectivity index is 1.63. The van der Waals surface area contributed by atoms with Crippen molar-refractivity contribution in [1.29, 1.82) is 0 Å². The van der Waals surface area contributed by atoms with Crippen molar-refractivity contribution >= 4 is 23.4 Å². The second kappa shape index (κ2) is 12.6. The third-order valence-corrected chi connectivity index (χ3v) is 7.81. The molecule has 43 heavy (non-hydrogen) atoms. The predicted molar refractivity (Wildman–Crippen MR) is 163 cm³/mol. The van der Waals surface area contributed by atoms with Crippen molar-refractivity contribution in [3.8, 4) is 23.0 Å². The summed E-state index contributed by atoms with van der Waals surface area (Å²) in [7, 11) is 3.00. The minimum Gasteiger partial charge on any atom is -0.504 e.